The average Bonchev–Trinajstić information content (AvgIpc) is 2.49. The van der Waals surface area contributed by atoms with Crippen LogP contribution in [0.2, 0.25) is 0 Å². The number of benzene rings is 1. The second-order valence-corrected chi connectivity index (χ2v) is 5.62. The fourth-order valence-corrected chi connectivity index (χ4v) is 2.54. The van der Waals surface area contributed by atoms with E-state index >= 15 is 0 Å². The Morgan fingerprint density at radius 1 is 1.32 bits per heavy atom. The predicted octanol–water partition coefficient (Wildman–Crippen LogP) is 2.58. The Morgan fingerprint density at radius 3 is 2.77 bits per heavy atom. The molecule has 0 bridgehead atoms. The third kappa shape index (κ3) is 8.92. The summed E-state index contributed by atoms with van der Waals surface area (Å²) in [6.45, 7) is 0.518. The third-order valence-electron chi connectivity index (χ3n) is 2.77. The van der Waals surface area contributed by atoms with Crippen LogP contribution in [0.25, 0.3) is 0 Å². The first-order chi connectivity index (χ1) is 10.2. The number of anilines is 1. The lowest BCUT2D eigenvalue weighted by Crippen LogP contribution is -2.13. The van der Waals surface area contributed by atoms with E-state index in [0.717, 1.165) is 22.8 Å². The molecule has 0 aromatic heterocycles. The summed E-state index contributed by atoms with van der Waals surface area (Å²) in [4.78, 5) is 22.6. The number of amides is 1. The van der Waals surface area contributed by atoms with Crippen molar-refractivity contribution in [2.75, 3.05) is 24.7 Å². The lowest BCUT2D eigenvalue weighted by molar-refractivity contribution is -0.140. The second-order valence-electron chi connectivity index (χ2n) is 4.52. The first-order valence-corrected chi connectivity index (χ1v) is 8.04. The van der Waals surface area contributed by atoms with Gasteiger partial charge in [-0.1, -0.05) is 12.1 Å². The number of thioether (sulfide) groups is 1. The highest BCUT2D eigenvalue weighted by molar-refractivity contribution is 7.98. The van der Waals surface area contributed by atoms with E-state index in [-0.39, 0.29) is 24.3 Å². The molecule has 3 N–H and O–H groups in total. The monoisotopic (exact) mass is 346 g/mol. The van der Waals surface area contributed by atoms with Crippen LogP contribution in [0.1, 0.15) is 24.8 Å². The van der Waals surface area contributed by atoms with Crippen molar-refractivity contribution in [3.8, 4) is 0 Å². The number of hydrogen-bond acceptors (Lipinski definition) is 5. The molecule has 0 spiro atoms. The molecule has 0 saturated heterocycles. The number of nitrogens with two attached hydrogens (primary N) is 1. The Morgan fingerprint density at radius 2 is 2.09 bits per heavy atom. The SMILES string of the molecule is COC(=O)CCSCc1cccc(NC(=O)CCCN)c1.Cl. The van der Waals surface area contributed by atoms with Crippen molar-refractivity contribution in [3.05, 3.63) is 29.8 Å². The van der Waals surface area contributed by atoms with E-state index in [4.69, 9.17) is 5.73 Å². The first-order valence-electron chi connectivity index (χ1n) is 6.89. The van der Waals surface area contributed by atoms with Crippen molar-refractivity contribution in [2.24, 2.45) is 5.73 Å². The molecule has 1 amide bonds. The molecule has 0 saturated carbocycles. The van der Waals surface area contributed by atoms with E-state index in [2.05, 4.69) is 10.1 Å². The second kappa shape index (κ2) is 12.3. The molecule has 0 unspecified atom stereocenters. The number of hydrogen-bond donors (Lipinski definition) is 2. The van der Waals surface area contributed by atoms with Crippen LogP contribution in [0, 0.1) is 0 Å². The van der Waals surface area contributed by atoms with Crippen LogP contribution in [-0.2, 0) is 20.1 Å². The van der Waals surface area contributed by atoms with Gasteiger partial charge in [0.1, 0.15) is 0 Å². The molecular formula is C15H23ClN2O3S. The lowest BCUT2D eigenvalue weighted by Gasteiger charge is -2.07. The average molecular weight is 347 g/mol. The van der Waals surface area contributed by atoms with Gasteiger partial charge < -0.3 is 15.8 Å². The van der Waals surface area contributed by atoms with Crippen molar-refractivity contribution >= 4 is 41.7 Å². The standard InChI is InChI=1S/C15H22N2O3S.ClH/c1-20-15(19)7-9-21-11-12-4-2-5-13(10-12)17-14(18)6-3-8-16;/h2,4-5,10H,3,6-9,11,16H2,1H3,(H,17,18);1H. The number of rotatable bonds is 9. The molecule has 22 heavy (non-hydrogen) atoms. The highest BCUT2D eigenvalue weighted by atomic mass is 35.5. The van der Waals surface area contributed by atoms with Crippen molar-refractivity contribution in [1.82, 2.24) is 0 Å². The van der Waals surface area contributed by atoms with Gasteiger partial charge in [0.2, 0.25) is 5.91 Å². The maximum Gasteiger partial charge on any atom is 0.306 e. The molecule has 1 aromatic carbocycles. The van der Waals surface area contributed by atoms with E-state index in [1.165, 1.54) is 7.11 Å². The minimum atomic E-state index is -0.191. The number of nitrogens with one attached hydrogen (secondary N) is 1. The number of carbonyl (C=O) groups is 2. The molecule has 1 aromatic rings. The molecule has 0 aliphatic carbocycles. The largest absolute Gasteiger partial charge is 0.469 e. The van der Waals surface area contributed by atoms with Gasteiger partial charge >= 0.3 is 5.97 Å². The summed E-state index contributed by atoms with van der Waals surface area (Å²) in [6, 6.07) is 7.73. The Bertz CT molecular complexity index is 472. The van der Waals surface area contributed by atoms with Crippen LogP contribution in [0.15, 0.2) is 24.3 Å². The zero-order valence-electron chi connectivity index (χ0n) is 12.7. The van der Waals surface area contributed by atoms with Crippen LogP contribution in [0.3, 0.4) is 0 Å². The Balaban J connectivity index is 0.00000441. The van der Waals surface area contributed by atoms with Crippen molar-refractivity contribution in [1.29, 1.82) is 0 Å². The van der Waals surface area contributed by atoms with Gasteiger partial charge in [-0.05, 0) is 30.7 Å². The number of esters is 1. The number of carbonyl (C=O) groups excluding carboxylic acids is 2. The van der Waals surface area contributed by atoms with E-state index in [1.807, 2.05) is 24.3 Å². The van der Waals surface area contributed by atoms with Crippen LogP contribution in [0.4, 0.5) is 5.69 Å². The molecule has 0 aliphatic rings. The number of ether oxygens (including phenoxy) is 1. The van der Waals surface area contributed by atoms with E-state index in [0.29, 0.717) is 25.8 Å². The maximum absolute atomic E-state index is 11.6. The van der Waals surface area contributed by atoms with Gasteiger partial charge in [0.05, 0.1) is 13.5 Å². The summed E-state index contributed by atoms with van der Waals surface area (Å²) >= 11 is 1.66. The van der Waals surface area contributed by atoms with Crippen LogP contribution in [0.5, 0.6) is 0 Å². The molecule has 7 heteroatoms. The normalized spacial score (nSPS) is 9.73. The van der Waals surface area contributed by atoms with Gasteiger partial charge in [-0.2, -0.15) is 11.8 Å². The molecule has 0 heterocycles. The Labute approximate surface area is 141 Å². The van der Waals surface area contributed by atoms with Gasteiger partial charge in [0.25, 0.3) is 0 Å². The van der Waals surface area contributed by atoms with E-state index < -0.39 is 0 Å². The molecule has 0 radical (unpaired) electrons. The highest BCUT2D eigenvalue weighted by Gasteiger charge is 2.03. The summed E-state index contributed by atoms with van der Waals surface area (Å²) in [5.41, 5.74) is 7.28. The van der Waals surface area contributed by atoms with E-state index in [1.54, 1.807) is 11.8 Å². The van der Waals surface area contributed by atoms with Crippen LogP contribution in [-0.4, -0.2) is 31.3 Å². The summed E-state index contributed by atoms with van der Waals surface area (Å²) in [7, 11) is 1.39. The Hall–Kier alpha value is -1.24. The number of halogens is 1. The number of methoxy groups -OCH3 is 1. The van der Waals surface area contributed by atoms with Gasteiger partial charge in [-0.25, -0.2) is 0 Å². The predicted molar refractivity (Wildman–Crippen MR) is 93.4 cm³/mol. The zero-order valence-corrected chi connectivity index (χ0v) is 14.3. The minimum Gasteiger partial charge on any atom is -0.469 e. The van der Waals surface area contributed by atoms with Crippen molar-refractivity contribution in [3.63, 3.8) is 0 Å². The highest BCUT2D eigenvalue weighted by Crippen LogP contribution is 2.17. The van der Waals surface area contributed by atoms with Crippen LogP contribution >= 0.6 is 24.2 Å². The zero-order chi connectivity index (χ0) is 15.5. The quantitative estimate of drug-likeness (QED) is 0.530. The summed E-state index contributed by atoms with van der Waals surface area (Å²) < 4.78 is 4.59. The van der Waals surface area contributed by atoms with Gasteiger partial charge in [0.15, 0.2) is 0 Å². The van der Waals surface area contributed by atoms with Crippen molar-refractivity contribution < 1.29 is 14.3 Å². The van der Waals surface area contributed by atoms with Crippen molar-refractivity contribution in [2.45, 2.75) is 25.0 Å². The first kappa shape index (κ1) is 20.8. The molecular weight excluding hydrogens is 324 g/mol. The lowest BCUT2D eigenvalue weighted by atomic mass is 10.2. The van der Waals surface area contributed by atoms with Crippen LogP contribution < -0.4 is 11.1 Å². The fourth-order valence-electron chi connectivity index (χ4n) is 1.67. The fraction of sp³-hybridized carbons (Fsp3) is 0.467. The molecule has 0 fully saturated rings. The van der Waals surface area contributed by atoms with Gasteiger partial charge in [-0.15, -0.1) is 12.4 Å². The minimum absolute atomic E-state index is 0. The molecule has 0 atom stereocenters. The molecule has 1 rings (SSSR count). The third-order valence-corrected chi connectivity index (χ3v) is 3.80. The smallest absolute Gasteiger partial charge is 0.306 e. The molecule has 0 aliphatic heterocycles. The summed E-state index contributed by atoms with van der Waals surface area (Å²) in [5, 5.41) is 2.86. The summed E-state index contributed by atoms with van der Waals surface area (Å²) in [5.74, 6) is 1.31. The van der Waals surface area contributed by atoms with Gasteiger partial charge in [0, 0.05) is 23.6 Å². The topological polar surface area (TPSA) is 81.4 Å². The molecule has 5 nitrogen and oxygen atoms in total. The van der Waals surface area contributed by atoms with E-state index in [9.17, 15) is 9.59 Å². The molecule has 124 valence electrons. The Kier molecular flexibility index (Phi) is 11.6. The van der Waals surface area contributed by atoms with Gasteiger partial charge in [-0.3, -0.25) is 9.59 Å². The maximum atomic E-state index is 11.6. The summed E-state index contributed by atoms with van der Waals surface area (Å²) in [6.07, 6.45) is 1.54.